The Bertz CT molecular complexity index is 829. The summed E-state index contributed by atoms with van der Waals surface area (Å²) in [5, 5.41) is 8.98. The van der Waals surface area contributed by atoms with Gasteiger partial charge in [-0.1, -0.05) is 44.2 Å². The molecule has 0 saturated heterocycles. The van der Waals surface area contributed by atoms with E-state index in [-0.39, 0.29) is 0 Å². The number of hydrogen-bond donors (Lipinski definition) is 1. The van der Waals surface area contributed by atoms with Crippen LogP contribution in [-0.2, 0) is 0 Å². The van der Waals surface area contributed by atoms with Crippen molar-refractivity contribution < 1.29 is 9.90 Å². The largest absolute Gasteiger partial charge is 0.478 e. The van der Waals surface area contributed by atoms with Crippen LogP contribution in [0.4, 0.5) is 0 Å². The molecule has 3 nitrogen and oxygen atoms in total. The van der Waals surface area contributed by atoms with Crippen LogP contribution in [0, 0.1) is 0 Å². The van der Waals surface area contributed by atoms with Crippen LogP contribution in [0.3, 0.4) is 0 Å². The molecule has 0 unspecified atom stereocenters. The molecule has 0 fully saturated rings. The fraction of sp³-hybridized carbons (Fsp3) is 0.150. The van der Waals surface area contributed by atoms with Crippen molar-refractivity contribution in [3.05, 3.63) is 78.1 Å². The Morgan fingerprint density at radius 2 is 1.65 bits per heavy atom. The summed E-state index contributed by atoms with van der Waals surface area (Å²) in [6.45, 7) is 4.38. The molecule has 23 heavy (non-hydrogen) atoms. The number of carboxylic acid groups (broad SMARTS) is 1. The third kappa shape index (κ3) is 3.04. The first-order valence-corrected chi connectivity index (χ1v) is 7.67. The quantitative estimate of drug-likeness (QED) is 0.739. The normalized spacial score (nSPS) is 10.9. The van der Waals surface area contributed by atoms with Gasteiger partial charge in [0.25, 0.3) is 0 Å². The Morgan fingerprint density at radius 3 is 2.30 bits per heavy atom. The molecule has 0 bridgehead atoms. The molecule has 0 aliphatic carbocycles. The summed E-state index contributed by atoms with van der Waals surface area (Å²) in [5.41, 5.74) is 4.86. The molecule has 1 aromatic heterocycles. The van der Waals surface area contributed by atoms with Crippen LogP contribution >= 0.6 is 0 Å². The molecule has 3 aromatic rings. The number of hydrogen-bond acceptors (Lipinski definition) is 1. The minimum atomic E-state index is -0.903. The standard InChI is InChI=1S/C20H19NO2/c1-14(2)18-5-3-4-6-19(18)21-12-11-17(13-21)15-7-9-16(10-8-15)20(22)23/h3-14H,1-2H3,(H,22,23). The Balaban J connectivity index is 1.96. The van der Waals surface area contributed by atoms with E-state index in [0.29, 0.717) is 11.5 Å². The van der Waals surface area contributed by atoms with E-state index < -0.39 is 5.97 Å². The van der Waals surface area contributed by atoms with E-state index >= 15 is 0 Å². The molecule has 3 rings (SSSR count). The van der Waals surface area contributed by atoms with Crippen molar-refractivity contribution in [1.29, 1.82) is 0 Å². The number of aromatic nitrogens is 1. The number of carbonyl (C=O) groups is 1. The number of benzene rings is 2. The summed E-state index contributed by atoms with van der Waals surface area (Å²) in [7, 11) is 0. The van der Waals surface area contributed by atoms with Gasteiger partial charge in [0, 0.05) is 18.1 Å². The van der Waals surface area contributed by atoms with E-state index in [1.54, 1.807) is 12.1 Å². The summed E-state index contributed by atoms with van der Waals surface area (Å²) in [6, 6.07) is 17.4. The number of aromatic carboxylic acids is 1. The highest BCUT2D eigenvalue weighted by Crippen LogP contribution is 2.26. The van der Waals surface area contributed by atoms with Gasteiger partial charge in [0.05, 0.1) is 5.56 Å². The lowest BCUT2D eigenvalue weighted by Gasteiger charge is -2.13. The average molecular weight is 305 g/mol. The molecule has 0 amide bonds. The van der Waals surface area contributed by atoms with Gasteiger partial charge in [-0.05, 0) is 46.9 Å². The van der Waals surface area contributed by atoms with Crippen LogP contribution in [-0.4, -0.2) is 15.6 Å². The Kier molecular flexibility index (Phi) is 4.02. The second-order valence-electron chi connectivity index (χ2n) is 5.90. The van der Waals surface area contributed by atoms with Gasteiger partial charge in [0.1, 0.15) is 0 Å². The second-order valence-corrected chi connectivity index (χ2v) is 5.90. The van der Waals surface area contributed by atoms with Crippen LogP contribution in [0.5, 0.6) is 0 Å². The number of rotatable bonds is 4. The molecule has 0 aliphatic heterocycles. The third-order valence-electron chi connectivity index (χ3n) is 3.99. The molecule has 0 radical (unpaired) electrons. The second kappa shape index (κ2) is 6.13. The van der Waals surface area contributed by atoms with Crippen molar-refractivity contribution in [2.75, 3.05) is 0 Å². The monoisotopic (exact) mass is 305 g/mol. The summed E-state index contributed by atoms with van der Waals surface area (Å²) in [6.07, 6.45) is 4.12. The minimum Gasteiger partial charge on any atom is -0.478 e. The van der Waals surface area contributed by atoms with Gasteiger partial charge >= 0.3 is 5.97 Å². The zero-order valence-corrected chi connectivity index (χ0v) is 13.2. The summed E-state index contributed by atoms with van der Waals surface area (Å²) < 4.78 is 2.12. The summed E-state index contributed by atoms with van der Waals surface area (Å²) in [4.78, 5) is 10.9. The van der Waals surface area contributed by atoms with Gasteiger partial charge < -0.3 is 9.67 Å². The van der Waals surface area contributed by atoms with Gasteiger partial charge in [0.15, 0.2) is 0 Å². The van der Waals surface area contributed by atoms with E-state index in [1.165, 1.54) is 11.3 Å². The highest BCUT2D eigenvalue weighted by molar-refractivity contribution is 5.88. The van der Waals surface area contributed by atoms with Gasteiger partial charge in [-0.2, -0.15) is 0 Å². The van der Waals surface area contributed by atoms with E-state index in [9.17, 15) is 4.79 Å². The minimum absolute atomic E-state index is 0.304. The molecule has 116 valence electrons. The molecule has 2 aromatic carbocycles. The van der Waals surface area contributed by atoms with Gasteiger partial charge in [0.2, 0.25) is 0 Å². The first-order chi connectivity index (χ1) is 11.1. The average Bonchev–Trinajstić information content (AvgIpc) is 3.04. The van der Waals surface area contributed by atoms with Crippen molar-refractivity contribution in [3.63, 3.8) is 0 Å². The van der Waals surface area contributed by atoms with Gasteiger partial charge in [-0.3, -0.25) is 0 Å². The van der Waals surface area contributed by atoms with E-state index in [0.717, 1.165) is 11.1 Å². The predicted molar refractivity (Wildman–Crippen MR) is 92.3 cm³/mol. The topological polar surface area (TPSA) is 42.2 Å². The van der Waals surface area contributed by atoms with Gasteiger partial charge in [-0.25, -0.2) is 4.79 Å². The third-order valence-corrected chi connectivity index (χ3v) is 3.99. The van der Waals surface area contributed by atoms with Crippen molar-refractivity contribution in [2.24, 2.45) is 0 Å². The Labute approximate surface area is 135 Å². The maximum atomic E-state index is 10.9. The van der Waals surface area contributed by atoms with E-state index in [4.69, 9.17) is 5.11 Å². The molecule has 0 spiro atoms. The van der Waals surface area contributed by atoms with E-state index in [2.05, 4.69) is 42.8 Å². The van der Waals surface area contributed by atoms with Crippen LogP contribution in [0.2, 0.25) is 0 Å². The molecule has 1 heterocycles. The van der Waals surface area contributed by atoms with Crippen molar-refractivity contribution in [3.8, 4) is 16.8 Å². The lowest BCUT2D eigenvalue weighted by molar-refractivity contribution is 0.0697. The first kappa shape index (κ1) is 15.1. The maximum Gasteiger partial charge on any atom is 0.335 e. The van der Waals surface area contributed by atoms with Crippen molar-refractivity contribution in [2.45, 2.75) is 19.8 Å². The van der Waals surface area contributed by atoms with Crippen LogP contribution in [0.15, 0.2) is 67.0 Å². The molecule has 3 heteroatoms. The molecule has 1 N–H and O–H groups in total. The number of carboxylic acids is 1. The zero-order valence-electron chi connectivity index (χ0n) is 13.2. The Morgan fingerprint density at radius 1 is 0.957 bits per heavy atom. The lowest BCUT2D eigenvalue weighted by Crippen LogP contribution is -1.98. The molecular weight excluding hydrogens is 286 g/mol. The summed E-state index contributed by atoms with van der Waals surface area (Å²) >= 11 is 0. The van der Waals surface area contributed by atoms with Crippen LogP contribution in [0.1, 0.15) is 35.7 Å². The zero-order chi connectivity index (χ0) is 16.4. The van der Waals surface area contributed by atoms with Crippen molar-refractivity contribution >= 4 is 5.97 Å². The maximum absolute atomic E-state index is 10.9. The SMILES string of the molecule is CC(C)c1ccccc1-n1ccc(-c2ccc(C(=O)O)cc2)c1. The van der Waals surface area contributed by atoms with Crippen LogP contribution in [0.25, 0.3) is 16.8 Å². The molecule has 0 atom stereocenters. The number of nitrogens with zero attached hydrogens (tertiary/aromatic N) is 1. The van der Waals surface area contributed by atoms with Crippen LogP contribution < -0.4 is 0 Å². The fourth-order valence-corrected chi connectivity index (χ4v) is 2.73. The lowest BCUT2D eigenvalue weighted by atomic mass is 10.0. The first-order valence-electron chi connectivity index (χ1n) is 7.67. The highest BCUT2D eigenvalue weighted by atomic mass is 16.4. The highest BCUT2D eigenvalue weighted by Gasteiger charge is 2.09. The summed E-state index contributed by atoms with van der Waals surface area (Å²) in [5.74, 6) is -0.452. The van der Waals surface area contributed by atoms with Gasteiger partial charge in [-0.15, -0.1) is 0 Å². The fourth-order valence-electron chi connectivity index (χ4n) is 2.73. The van der Waals surface area contributed by atoms with E-state index in [1.807, 2.05) is 30.5 Å². The smallest absolute Gasteiger partial charge is 0.335 e. The molecule has 0 aliphatic rings. The van der Waals surface area contributed by atoms with Crippen molar-refractivity contribution in [1.82, 2.24) is 4.57 Å². The predicted octanol–water partition coefficient (Wildman–Crippen LogP) is 4.97. The Hall–Kier alpha value is -2.81. The number of para-hydroxylation sites is 1. The molecule has 0 saturated carbocycles. The molecular formula is C20H19NO2.